The smallest absolute Gasteiger partial charge is 0.191 e. The SMILES string of the molecule is CC(C)(C)OCc1cccc(CN=C(N)N2CCCCC2)c1. The molecule has 1 aliphatic rings. The molecular weight excluding hydrogens is 274 g/mol. The van der Waals surface area contributed by atoms with E-state index in [1.807, 2.05) is 0 Å². The van der Waals surface area contributed by atoms with Crippen LogP contribution in [0, 0.1) is 0 Å². The number of ether oxygens (including phenoxy) is 1. The zero-order valence-electron chi connectivity index (χ0n) is 14.1. The van der Waals surface area contributed by atoms with Crippen LogP contribution in [0.2, 0.25) is 0 Å². The number of rotatable bonds is 4. The number of likely N-dealkylation sites (tertiary alicyclic amines) is 1. The van der Waals surface area contributed by atoms with Crippen LogP contribution in [0.15, 0.2) is 29.3 Å². The van der Waals surface area contributed by atoms with Crippen molar-refractivity contribution >= 4 is 5.96 Å². The Bertz CT molecular complexity index is 499. The lowest BCUT2D eigenvalue weighted by Gasteiger charge is -2.27. The summed E-state index contributed by atoms with van der Waals surface area (Å²) < 4.78 is 5.82. The van der Waals surface area contributed by atoms with Crippen LogP contribution in [-0.4, -0.2) is 29.6 Å². The van der Waals surface area contributed by atoms with Gasteiger partial charge in [0.05, 0.1) is 18.8 Å². The Morgan fingerprint density at radius 2 is 1.86 bits per heavy atom. The van der Waals surface area contributed by atoms with Gasteiger partial charge in [0.1, 0.15) is 0 Å². The Kier molecular flexibility index (Phi) is 5.83. The topological polar surface area (TPSA) is 50.9 Å². The van der Waals surface area contributed by atoms with Crippen molar-refractivity contribution in [1.29, 1.82) is 0 Å². The second kappa shape index (κ2) is 7.63. The molecule has 0 saturated carbocycles. The summed E-state index contributed by atoms with van der Waals surface area (Å²) in [7, 11) is 0. The van der Waals surface area contributed by atoms with Gasteiger partial charge in [-0.05, 0) is 51.2 Å². The third-order valence-corrected chi connectivity index (χ3v) is 3.77. The van der Waals surface area contributed by atoms with E-state index in [1.54, 1.807) is 0 Å². The molecule has 1 aromatic rings. The van der Waals surface area contributed by atoms with E-state index < -0.39 is 0 Å². The molecule has 1 aliphatic heterocycles. The zero-order chi connectivity index (χ0) is 16.0. The van der Waals surface area contributed by atoms with Crippen molar-refractivity contribution in [3.63, 3.8) is 0 Å². The van der Waals surface area contributed by atoms with E-state index in [-0.39, 0.29) is 5.60 Å². The van der Waals surface area contributed by atoms with Crippen LogP contribution in [0.1, 0.15) is 51.2 Å². The fourth-order valence-electron chi connectivity index (χ4n) is 2.51. The van der Waals surface area contributed by atoms with Gasteiger partial charge in [-0.1, -0.05) is 24.3 Å². The number of piperidine rings is 1. The van der Waals surface area contributed by atoms with Crippen LogP contribution in [0.5, 0.6) is 0 Å². The van der Waals surface area contributed by atoms with Crippen LogP contribution in [0.3, 0.4) is 0 Å². The molecule has 0 aliphatic carbocycles. The van der Waals surface area contributed by atoms with Crippen LogP contribution in [0.4, 0.5) is 0 Å². The van der Waals surface area contributed by atoms with Gasteiger partial charge in [0.15, 0.2) is 5.96 Å². The van der Waals surface area contributed by atoms with Gasteiger partial charge in [0.2, 0.25) is 0 Å². The highest BCUT2D eigenvalue weighted by Crippen LogP contribution is 2.14. The first kappa shape index (κ1) is 16.8. The molecule has 0 aromatic heterocycles. The summed E-state index contributed by atoms with van der Waals surface area (Å²) in [5, 5.41) is 0. The molecule has 4 nitrogen and oxygen atoms in total. The average molecular weight is 303 g/mol. The molecule has 122 valence electrons. The van der Waals surface area contributed by atoms with Gasteiger partial charge >= 0.3 is 0 Å². The summed E-state index contributed by atoms with van der Waals surface area (Å²) in [6.07, 6.45) is 3.74. The molecule has 0 bridgehead atoms. The predicted octanol–water partition coefficient (Wildman–Crippen LogP) is 3.30. The lowest BCUT2D eigenvalue weighted by molar-refractivity contribution is -0.0149. The van der Waals surface area contributed by atoms with Gasteiger partial charge < -0.3 is 15.4 Å². The molecule has 1 heterocycles. The van der Waals surface area contributed by atoms with Crippen LogP contribution in [0.25, 0.3) is 0 Å². The van der Waals surface area contributed by atoms with Gasteiger partial charge in [-0.15, -0.1) is 0 Å². The molecule has 0 unspecified atom stereocenters. The maximum absolute atomic E-state index is 6.10. The van der Waals surface area contributed by atoms with Crippen molar-refractivity contribution in [2.75, 3.05) is 13.1 Å². The number of aliphatic imine (C=N–C) groups is 1. The minimum atomic E-state index is -0.118. The van der Waals surface area contributed by atoms with Gasteiger partial charge in [-0.2, -0.15) is 0 Å². The Balaban J connectivity index is 1.92. The van der Waals surface area contributed by atoms with E-state index >= 15 is 0 Å². The van der Waals surface area contributed by atoms with Crippen molar-refractivity contribution in [2.45, 2.75) is 58.8 Å². The number of nitrogens with two attached hydrogens (primary N) is 1. The van der Waals surface area contributed by atoms with E-state index in [1.165, 1.54) is 30.4 Å². The van der Waals surface area contributed by atoms with E-state index in [2.05, 4.69) is 54.9 Å². The van der Waals surface area contributed by atoms with E-state index in [0.717, 1.165) is 13.1 Å². The fourth-order valence-corrected chi connectivity index (χ4v) is 2.51. The molecule has 0 spiro atoms. The van der Waals surface area contributed by atoms with E-state index in [4.69, 9.17) is 10.5 Å². The van der Waals surface area contributed by atoms with Crippen LogP contribution >= 0.6 is 0 Å². The summed E-state index contributed by atoms with van der Waals surface area (Å²) in [4.78, 5) is 6.74. The second-order valence-corrected chi connectivity index (χ2v) is 6.94. The lowest BCUT2D eigenvalue weighted by atomic mass is 10.1. The summed E-state index contributed by atoms with van der Waals surface area (Å²) >= 11 is 0. The Labute approximate surface area is 134 Å². The average Bonchev–Trinajstić information content (AvgIpc) is 2.51. The highest BCUT2D eigenvalue weighted by atomic mass is 16.5. The van der Waals surface area contributed by atoms with Gasteiger partial charge in [0, 0.05) is 13.1 Å². The minimum Gasteiger partial charge on any atom is -0.371 e. The van der Waals surface area contributed by atoms with Gasteiger partial charge in [-0.25, -0.2) is 4.99 Å². The fraction of sp³-hybridized carbons (Fsp3) is 0.611. The van der Waals surface area contributed by atoms with Crippen molar-refractivity contribution in [2.24, 2.45) is 10.7 Å². The van der Waals surface area contributed by atoms with E-state index in [9.17, 15) is 0 Å². The molecule has 0 radical (unpaired) electrons. The monoisotopic (exact) mass is 303 g/mol. The predicted molar refractivity (Wildman–Crippen MR) is 91.7 cm³/mol. The maximum Gasteiger partial charge on any atom is 0.191 e. The number of benzene rings is 1. The summed E-state index contributed by atoms with van der Waals surface area (Å²) in [5.41, 5.74) is 8.34. The first-order chi connectivity index (χ1) is 10.4. The number of guanidine groups is 1. The maximum atomic E-state index is 6.10. The molecule has 1 saturated heterocycles. The van der Waals surface area contributed by atoms with Crippen LogP contribution < -0.4 is 5.73 Å². The summed E-state index contributed by atoms with van der Waals surface area (Å²) in [5.74, 6) is 0.677. The molecule has 2 N–H and O–H groups in total. The Hall–Kier alpha value is -1.55. The highest BCUT2D eigenvalue weighted by molar-refractivity contribution is 5.78. The standard InChI is InChI=1S/C18H29N3O/c1-18(2,3)22-14-16-9-7-8-15(12-16)13-20-17(19)21-10-5-4-6-11-21/h7-9,12H,4-6,10-11,13-14H2,1-3H3,(H2,19,20). The molecule has 1 aromatic carbocycles. The largest absolute Gasteiger partial charge is 0.371 e. The Morgan fingerprint density at radius 1 is 1.18 bits per heavy atom. The van der Waals surface area contributed by atoms with Crippen LogP contribution in [-0.2, 0) is 17.9 Å². The first-order valence-corrected chi connectivity index (χ1v) is 8.21. The van der Waals surface area contributed by atoms with Gasteiger partial charge in [-0.3, -0.25) is 0 Å². The highest BCUT2D eigenvalue weighted by Gasteiger charge is 2.12. The zero-order valence-corrected chi connectivity index (χ0v) is 14.1. The third kappa shape index (κ3) is 5.68. The number of hydrogen-bond donors (Lipinski definition) is 1. The molecular formula is C18H29N3O. The minimum absolute atomic E-state index is 0.118. The lowest BCUT2D eigenvalue weighted by Crippen LogP contribution is -2.40. The molecule has 0 amide bonds. The number of nitrogens with zero attached hydrogens (tertiary/aromatic N) is 2. The second-order valence-electron chi connectivity index (χ2n) is 6.94. The molecule has 2 rings (SSSR count). The first-order valence-electron chi connectivity index (χ1n) is 8.21. The summed E-state index contributed by atoms with van der Waals surface area (Å²) in [6.45, 7) is 9.54. The van der Waals surface area contributed by atoms with Crippen molar-refractivity contribution in [3.8, 4) is 0 Å². The van der Waals surface area contributed by atoms with Crippen molar-refractivity contribution in [3.05, 3.63) is 35.4 Å². The van der Waals surface area contributed by atoms with Crippen molar-refractivity contribution < 1.29 is 4.74 Å². The quantitative estimate of drug-likeness (QED) is 0.686. The molecule has 22 heavy (non-hydrogen) atoms. The summed E-state index contributed by atoms with van der Waals surface area (Å²) in [6, 6.07) is 8.39. The van der Waals surface area contributed by atoms with Gasteiger partial charge in [0.25, 0.3) is 0 Å². The number of hydrogen-bond acceptors (Lipinski definition) is 2. The van der Waals surface area contributed by atoms with Crippen molar-refractivity contribution in [1.82, 2.24) is 4.90 Å². The molecule has 0 atom stereocenters. The normalized spacial score (nSPS) is 16.9. The third-order valence-electron chi connectivity index (χ3n) is 3.77. The van der Waals surface area contributed by atoms with E-state index in [0.29, 0.717) is 19.1 Å². The molecule has 1 fully saturated rings. The molecule has 4 heteroatoms. The Morgan fingerprint density at radius 3 is 2.55 bits per heavy atom.